The first-order valence-corrected chi connectivity index (χ1v) is 7.40. The minimum absolute atomic E-state index is 0.102. The van der Waals surface area contributed by atoms with Gasteiger partial charge in [0.05, 0.1) is 5.92 Å². The third-order valence-corrected chi connectivity index (χ3v) is 3.92. The van der Waals surface area contributed by atoms with Gasteiger partial charge in [0.25, 0.3) is 0 Å². The van der Waals surface area contributed by atoms with Gasteiger partial charge in [-0.1, -0.05) is 31.7 Å². The molecule has 1 amide bonds. The summed E-state index contributed by atoms with van der Waals surface area (Å²) in [6.07, 6.45) is 1.72. The van der Waals surface area contributed by atoms with E-state index in [1.54, 1.807) is 6.08 Å². The second kappa shape index (κ2) is 7.27. The second-order valence-electron chi connectivity index (χ2n) is 5.68. The first-order chi connectivity index (χ1) is 10.1. The monoisotopic (exact) mass is 288 g/mol. The lowest BCUT2D eigenvalue weighted by Crippen LogP contribution is -2.35. The van der Waals surface area contributed by atoms with E-state index in [9.17, 15) is 4.79 Å². The number of carbonyl (C=O) groups is 1. The van der Waals surface area contributed by atoms with Crippen molar-refractivity contribution in [3.05, 3.63) is 42.5 Å². The van der Waals surface area contributed by atoms with Crippen molar-refractivity contribution in [3.63, 3.8) is 0 Å². The van der Waals surface area contributed by atoms with Gasteiger partial charge in [-0.15, -0.1) is 0 Å². The van der Waals surface area contributed by atoms with Gasteiger partial charge in [-0.25, -0.2) is 0 Å². The van der Waals surface area contributed by atoms with Crippen LogP contribution in [0.25, 0.3) is 0 Å². The summed E-state index contributed by atoms with van der Waals surface area (Å²) in [6, 6.07) is 7.85. The molecule has 1 aliphatic rings. The highest BCUT2D eigenvalue weighted by atomic mass is 16.5. The van der Waals surface area contributed by atoms with E-state index in [4.69, 9.17) is 4.74 Å². The highest BCUT2D eigenvalue weighted by Crippen LogP contribution is 2.20. The molecule has 2 rings (SSSR count). The van der Waals surface area contributed by atoms with Crippen molar-refractivity contribution in [1.29, 1.82) is 0 Å². The fraction of sp³-hybridized carbons (Fsp3) is 0.471. The Kier molecular flexibility index (Phi) is 5.39. The minimum Gasteiger partial charge on any atom is -0.490 e. The van der Waals surface area contributed by atoms with Crippen molar-refractivity contribution in [3.8, 4) is 5.75 Å². The summed E-state index contributed by atoms with van der Waals surface area (Å²) < 4.78 is 5.45. The average Bonchev–Trinajstić information content (AvgIpc) is 2.92. The van der Waals surface area contributed by atoms with E-state index in [2.05, 4.69) is 18.8 Å². The molecular weight excluding hydrogens is 264 g/mol. The number of nitrogens with one attached hydrogen (secondary N) is 1. The molecule has 1 aliphatic heterocycles. The number of nitrogens with zero attached hydrogens (tertiary/aromatic N) is 1. The molecule has 1 aromatic rings. The van der Waals surface area contributed by atoms with Crippen LogP contribution in [0.2, 0.25) is 0 Å². The van der Waals surface area contributed by atoms with Crippen LogP contribution < -0.4 is 10.1 Å². The van der Waals surface area contributed by atoms with Gasteiger partial charge in [-0.2, -0.15) is 0 Å². The molecule has 21 heavy (non-hydrogen) atoms. The largest absolute Gasteiger partial charge is 0.490 e. The predicted octanol–water partition coefficient (Wildman–Crippen LogP) is 2.07. The van der Waals surface area contributed by atoms with Crippen molar-refractivity contribution >= 4 is 5.91 Å². The Morgan fingerprint density at radius 1 is 1.43 bits per heavy atom. The van der Waals surface area contributed by atoms with E-state index in [0.717, 1.165) is 24.4 Å². The highest BCUT2D eigenvalue weighted by Gasteiger charge is 2.31. The summed E-state index contributed by atoms with van der Waals surface area (Å²) >= 11 is 0. The van der Waals surface area contributed by atoms with Crippen LogP contribution in [0.1, 0.15) is 12.5 Å². The Balaban J connectivity index is 1.91. The highest BCUT2D eigenvalue weighted by molar-refractivity contribution is 5.79. The standard InChI is InChI=1S/C17H24N2O2/c1-4-9-21-15-7-5-14(6-8-15)12-19(3)17(20)16-11-18-10-13(16)2/h4-8,13,16,18H,1,9-12H2,2-3H3. The van der Waals surface area contributed by atoms with Crippen molar-refractivity contribution in [2.24, 2.45) is 11.8 Å². The SMILES string of the molecule is C=CCOc1ccc(CN(C)C(=O)C2CNCC2C)cc1. The van der Waals surface area contributed by atoms with Crippen LogP contribution in [-0.4, -0.2) is 37.6 Å². The molecule has 4 heteroatoms. The zero-order valence-electron chi connectivity index (χ0n) is 12.8. The molecule has 1 heterocycles. The molecule has 0 bridgehead atoms. The Labute approximate surface area is 126 Å². The molecule has 1 fully saturated rings. The lowest BCUT2D eigenvalue weighted by molar-refractivity contribution is -0.135. The van der Waals surface area contributed by atoms with Crippen LogP contribution in [-0.2, 0) is 11.3 Å². The van der Waals surface area contributed by atoms with Gasteiger partial charge in [-0.05, 0) is 30.2 Å². The third-order valence-electron chi connectivity index (χ3n) is 3.92. The van der Waals surface area contributed by atoms with E-state index in [-0.39, 0.29) is 11.8 Å². The number of rotatable bonds is 6. The average molecular weight is 288 g/mol. The van der Waals surface area contributed by atoms with Gasteiger partial charge in [0.15, 0.2) is 0 Å². The molecule has 4 nitrogen and oxygen atoms in total. The topological polar surface area (TPSA) is 41.6 Å². The van der Waals surface area contributed by atoms with Gasteiger partial charge >= 0.3 is 0 Å². The minimum atomic E-state index is 0.102. The van der Waals surface area contributed by atoms with Gasteiger partial charge in [0.1, 0.15) is 12.4 Å². The molecular formula is C17H24N2O2. The normalized spacial score (nSPS) is 21.0. The number of hydrogen-bond donors (Lipinski definition) is 1. The molecule has 0 spiro atoms. The molecule has 0 saturated carbocycles. The van der Waals surface area contributed by atoms with Gasteiger partial charge < -0.3 is 15.0 Å². The van der Waals surface area contributed by atoms with Crippen LogP contribution in [0.5, 0.6) is 5.75 Å². The van der Waals surface area contributed by atoms with Crippen molar-refractivity contribution in [2.45, 2.75) is 13.5 Å². The summed E-state index contributed by atoms with van der Waals surface area (Å²) in [7, 11) is 1.87. The van der Waals surface area contributed by atoms with E-state index < -0.39 is 0 Å². The van der Waals surface area contributed by atoms with Crippen molar-refractivity contribution < 1.29 is 9.53 Å². The third kappa shape index (κ3) is 4.08. The lowest BCUT2D eigenvalue weighted by Gasteiger charge is -2.23. The van der Waals surface area contributed by atoms with Crippen LogP contribution in [0.3, 0.4) is 0 Å². The molecule has 1 N–H and O–H groups in total. The van der Waals surface area contributed by atoms with Gasteiger partial charge in [0.2, 0.25) is 5.91 Å². The fourth-order valence-electron chi connectivity index (χ4n) is 2.62. The Morgan fingerprint density at radius 3 is 2.71 bits per heavy atom. The summed E-state index contributed by atoms with van der Waals surface area (Å²) in [5, 5.41) is 3.28. The van der Waals surface area contributed by atoms with E-state index in [1.165, 1.54) is 0 Å². The summed E-state index contributed by atoms with van der Waals surface area (Å²) in [5.41, 5.74) is 1.11. The maximum absolute atomic E-state index is 12.4. The maximum Gasteiger partial charge on any atom is 0.227 e. The van der Waals surface area contributed by atoms with Crippen molar-refractivity contribution in [1.82, 2.24) is 10.2 Å². The Morgan fingerprint density at radius 2 is 2.14 bits per heavy atom. The number of carbonyl (C=O) groups excluding carboxylic acids is 1. The summed E-state index contributed by atoms with van der Waals surface area (Å²) in [4.78, 5) is 14.2. The van der Waals surface area contributed by atoms with Gasteiger partial charge in [0, 0.05) is 20.1 Å². The number of amides is 1. The quantitative estimate of drug-likeness (QED) is 0.815. The number of hydrogen-bond acceptors (Lipinski definition) is 3. The summed E-state index contributed by atoms with van der Waals surface area (Å²) in [5.74, 6) is 1.56. The second-order valence-corrected chi connectivity index (χ2v) is 5.68. The number of ether oxygens (including phenoxy) is 1. The van der Waals surface area contributed by atoms with Crippen LogP contribution in [0.15, 0.2) is 36.9 Å². The predicted molar refractivity (Wildman–Crippen MR) is 84.1 cm³/mol. The molecule has 0 radical (unpaired) electrons. The molecule has 2 unspecified atom stereocenters. The van der Waals surface area contributed by atoms with Gasteiger partial charge in [-0.3, -0.25) is 4.79 Å². The smallest absolute Gasteiger partial charge is 0.227 e. The maximum atomic E-state index is 12.4. The van der Waals surface area contributed by atoms with Crippen LogP contribution >= 0.6 is 0 Å². The fourth-order valence-corrected chi connectivity index (χ4v) is 2.62. The Bertz CT molecular complexity index is 484. The zero-order chi connectivity index (χ0) is 15.2. The number of benzene rings is 1. The van der Waals surface area contributed by atoms with Crippen molar-refractivity contribution in [2.75, 3.05) is 26.7 Å². The molecule has 114 valence electrons. The molecule has 0 aliphatic carbocycles. The van der Waals surface area contributed by atoms with E-state index in [0.29, 0.717) is 19.1 Å². The molecule has 1 aromatic carbocycles. The summed E-state index contributed by atoms with van der Waals surface area (Å²) in [6.45, 7) is 8.60. The van der Waals surface area contributed by atoms with Crippen LogP contribution in [0, 0.1) is 11.8 Å². The first kappa shape index (κ1) is 15.6. The van der Waals surface area contributed by atoms with Crippen LogP contribution in [0.4, 0.5) is 0 Å². The lowest BCUT2D eigenvalue weighted by atomic mass is 9.96. The Hall–Kier alpha value is -1.81. The van der Waals surface area contributed by atoms with E-state index >= 15 is 0 Å². The zero-order valence-corrected chi connectivity index (χ0v) is 12.8. The molecule has 2 atom stereocenters. The molecule has 0 aromatic heterocycles. The van der Waals surface area contributed by atoms with E-state index in [1.807, 2.05) is 36.2 Å². The molecule has 1 saturated heterocycles. The first-order valence-electron chi connectivity index (χ1n) is 7.40.